The second-order valence-corrected chi connectivity index (χ2v) is 6.47. The number of aliphatic hydroxyl groups excluding tert-OH is 1. The second-order valence-electron chi connectivity index (χ2n) is 5.14. The zero-order chi connectivity index (χ0) is 12.4. The summed E-state index contributed by atoms with van der Waals surface area (Å²) in [4.78, 5) is 0. The van der Waals surface area contributed by atoms with Crippen LogP contribution < -0.4 is 0 Å². The van der Waals surface area contributed by atoms with Crippen LogP contribution in [0.25, 0.3) is 0 Å². The molecular formula is C14H18BrClO. The third kappa shape index (κ3) is 3.24. The first-order valence-electron chi connectivity index (χ1n) is 6.21. The molecule has 1 N–H and O–H groups in total. The Morgan fingerprint density at radius 1 is 1.41 bits per heavy atom. The van der Waals surface area contributed by atoms with Crippen molar-refractivity contribution in [1.82, 2.24) is 0 Å². The van der Waals surface area contributed by atoms with Gasteiger partial charge in [0.2, 0.25) is 0 Å². The minimum absolute atomic E-state index is 0.359. The lowest BCUT2D eigenvalue weighted by Gasteiger charge is -2.31. The molecule has 0 bridgehead atoms. The Hall–Kier alpha value is -0.0500. The number of rotatable bonds is 2. The van der Waals surface area contributed by atoms with Crippen molar-refractivity contribution in [3.63, 3.8) is 0 Å². The van der Waals surface area contributed by atoms with Gasteiger partial charge < -0.3 is 5.11 Å². The van der Waals surface area contributed by atoms with E-state index >= 15 is 0 Å². The summed E-state index contributed by atoms with van der Waals surface area (Å²) in [6.45, 7) is 2.27. The summed E-state index contributed by atoms with van der Waals surface area (Å²) in [5.74, 6) is 1.08. The van der Waals surface area contributed by atoms with Crippen LogP contribution in [0.2, 0.25) is 5.02 Å². The Morgan fingerprint density at radius 3 is 2.82 bits per heavy atom. The molecule has 2 rings (SSSR count). The van der Waals surface area contributed by atoms with Crippen LogP contribution in [0.1, 0.15) is 44.3 Å². The summed E-state index contributed by atoms with van der Waals surface area (Å²) in [5, 5.41) is 11.1. The van der Waals surface area contributed by atoms with Crippen molar-refractivity contribution in [3.8, 4) is 0 Å². The lowest BCUT2D eigenvalue weighted by molar-refractivity contribution is 0.0715. The van der Waals surface area contributed by atoms with Gasteiger partial charge in [-0.2, -0.15) is 0 Å². The Bertz CT molecular complexity index is 394. The van der Waals surface area contributed by atoms with E-state index in [0.717, 1.165) is 28.8 Å². The van der Waals surface area contributed by atoms with Crippen molar-refractivity contribution in [2.45, 2.75) is 38.7 Å². The minimum atomic E-state index is -0.418. The number of aliphatic hydroxyl groups is 1. The fraction of sp³-hybridized carbons (Fsp3) is 0.571. The van der Waals surface area contributed by atoms with Gasteiger partial charge in [-0.1, -0.05) is 53.4 Å². The van der Waals surface area contributed by atoms with Crippen molar-refractivity contribution in [3.05, 3.63) is 33.3 Å². The lowest BCUT2D eigenvalue weighted by atomic mass is 9.78. The van der Waals surface area contributed by atoms with Crippen molar-refractivity contribution < 1.29 is 5.11 Å². The van der Waals surface area contributed by atoms with E-state index in [-0.39, 0.29) is 0 Å². The first kappa shape index (κ1) is 13.4. The molecule has 1 aromatic carbocycles. The average molecular weight is 318 g/mol. The maximum absolute atomic E-state index is 10.4. The fourth-order valence-electron chi connectivity index (χ4n) is 2.76. The summed E-state index contributed by atoms with van der Waals surface area (Å²) in [6.07, 6.45) is 4.30. The standard InChI is InChI=1S/C14H18BrClO/c1-9-3-2-4-10(7-9)14(17)12-6-5-11(15)8-13(12)16/h5-6,8-10,14,17H,2-4,7H2,1H3. The van der Waals surface area contributed by atoms with Crippen LogP contribution in [0.5, 0.6) is 0 Å². The van der Waals surface area contributed by atoms with Gasteiger partial charge >= 0.3 is 0 Å². The summed E-state index contributed by atoms with van der Waals surface area (Å²) in [6, 6.07) is 5.72. The first-order valence-corrected chi connectivity index (χ1v) is 7.38. The molecule has 3 unspecified atom stereocenters. The van der Waals surface area contributed by atoms with Gasteiger partial charge in [-0.15, -0.1) is 0 Å². The minimum Gasteiger partial charge on any atom is -0.388 e. The van der Waals surface area contributed by atoms with Crippen LogP contribution in [0.4, 0.5) is 0 Å². The smallest absolute Gasteiger partial charge is 0.0832 e. The van der Waals surface area contributed by atoms with Crippen LogP contribution in [-0.2, 0) is 0 Å². The van der Waals surface area contributed by atoms with Crippen LogP contribution in [-0.4, -0.2) is 5.11 Å². The molecule has 17 heavy (non-hydrogen) atoms. The quantitative estimate of drug-likeness (QED) is 0.817. The molecule has 0 aromatic heterocycles. The highest BCUT2D eigenvalue weighted by Crippen LogP contribution is 2.39. The highest BCUT2D eigenvalue weighted by Gasteiger charge is 2.27. The molecule has 1 fully saturated rings. The van der Waals surface area contributed by atoms with E-state index in [4.69, 9.17) is 11.6 Å². The predicted octanol–water partition coefficient (Wildman–Crippen LogP) is 4.96. The van der Waals surface area contributed by atoms with E-state index in [0.29, 0.717) is 10.9 Å². The normalized spacial score (nSPS) is 26.8. The maximum Gasteiger partial charge on any atom is 0.0832 e. The van der Waals surface area contributed by atoms with Gasteiger partial charge in [0.05, 0.1) is 6.10 Å². The van der Waals surface area contributed by atoms with Gasteiger partial charge in [0.15, 0.2) is 0 Å². The number of benzene rings is 1. The van der Waals surface area contributed by atoms with Gasteiger partial charge in [-0.05, 0) is 42.4 Å². The molecule has 1 aliphatic rings. The molecule has 3 heteroatoms. The number of hydrogen-bond donors (Lipinski definition) is 1. The summed E-state index contributed by atoms with van der Waals surface area (Å²) in [7, 11) is 0. The van der Waals surface area contributed by atoms with Gasteiger partial charge in [0.25, 0.3) is 0 Å². The van der Waals surface area contributed by atoms with Crippen molar-refractivity contribution in [2.75, 3.05) is 0 Å². The van der Waals surface area contributed by atoms with Gasteiger partial charge in [-0.25, -0.2) is 0 Å². The van der Waals surface area contributed by atoms with E-state index in [9.17, 15) is 5.11 Å². The molecule has 94 valence electrons. The summed E-state index contributed by atoms with van der Waals surface area (Å²) < 4.78 is 0.954. The largest absolute Gasteiger partial charge is 0.388 e. The third-order valence-electron chi connectivity index (χ3n) is 3.70. The Balaban J connectivity index is 2.15. The molecule has 0 aliphatic heterocycles. The lowest BCUT2D eigenvalue weighted by Crippen LogP contribution is -2.20. The van der Waals surface area contributed by atoms with E-state index in [2.05, 4.69) is 22.9 Å². The molecular weight excluding hydrogens is 300 g/mol. The van der Waals surface area contributed by atoms with E-state index in [1.807, 2.05) is 18.2 Å². The van der Waals surface area contributed by atoms with E-state index in [1.165, 1.54) is 12.8 Å². The molecule has 1 aromatic rings. The molecule has 3 atom stereocenters. The number of halogens is 2. The molecule has 0 saturated heterocycles. The SMILES string of the molecule is CC1CCCC(C(O)c2ccc(Br)cc2Cl)C1. The van der Waals surface area contributed by atoms with Crippen LogP contribution in [0, 0.1) is 11.8 Å². The highest BCUT2D eigenvalue weighted by atomic mass is 79.9. The van der Waals surface area contributed by atoms with Gasteiger partial charge in [0.1, 0.15) is 0 Å². The fourth-order valence-corrected chi connectivity index (χ4v) is 3.55. The average Bonchev–Trinajstić information content (AvgIpc) is 2.28. The topological polar surface area (TPSA) is 20.2 Å². The Kier molecular flexibility index (Phi) is 4.51. The monoisotopic (exact) mass is 316 g/mol. The molecule has 0 amide bonds. The van der Waals surface area contributed by atoms with Crippen molar-refractivity contribution >= 4 is 27.5 Å². The van der Waals surface area contributed by atoms with Gasteiger partial charge in [0, 0.05) is 9.50 Å². The third-order valence-corrected chi connectivity index (χ3v) is 4.53. The predicted molar refractivity (Wildman–Crippen MR) is 75.2 cm³/mol. The zero-order valence-corrected chi connectivity index (χ0v) is 12.3. The summed E-state index contributed by atoms with van der Waals surface area (Å²) in [5.41, 5.74) is 0.869. The maximum atomic E-state index is 10.4. The van der Waals surface area contributed by atoms with Crippen LogP contribution in [0.15, 0.2) is 22.7 Å². The molecule has 1 aliphatic carbocycles. The van der Waals surface area contributed by atoms with Gasteiger partial charge in [-0.3, -0.25) is 0 Å². The van der Waals surface area contributed by atoms with Crippen LogP contribution >= 0.6 is 27.5 Å². The second kappa shape index (κ2) is 5.73. The van der Waals surface area contributed by atoms with Crippen molar-refractivity contribution in [1.29, 1.82) is 0 Å². The zero-order valence-electron chi connectivity index (χ0n) is 10.00. The molecule has 1 saturated carbocycles. The first-order chi connectivity index (χ1) is 8.08. The van der Waals surface area contributed by atoms with E-state index < -0.39 is 6.10 Å². The molecule has 0 heterocycles. The Morgan fingerprint density at radius 2 is 2.18 bits per heavy atom. The van der Waals surface area contributed by atoms with Crippen molar-refractivity contribution in [2.24, 2.45) is 11.8 Å². The highest BCUT2D eigenvalue weighted by molar-refractivity contribution is 9.10. The molecule has 1 nitrogen and oxygen atoms in total. The Labute approximate surface area is 116 Å². The number of hydrogen-bond acceptors (Lipinski definition) is 1. The summed E-state index contributed by atoms with van der Waals surface area (Å²) >= 11 is 9.57. The van der Waals surface area contributed by atoms with Crippen LogP contribution in [0.3, 0.4) is 0 Å². The van der Waals surface area contributed by atoms with E-state index in [1.54, 1.807) is 0 Å². The molecule has 0 radical (unpaired) electrons. The molecule has 0 spiro atoms.